The monoisotopic (exact) mass is 391 g/mol. The van der Waals surface area contributed by atoms with Crippen LogP contribution in [0.5, 0.6) is 0 Å². The number of aromatic nitrogens is 3. The predicted molar refractivity (Wildman–Crippen MR) is 112 cm³/mol. The SMILES string of the molecule is O=C(Nc1ccccc1Cl)c1cc(NCCc2c[nH]c3ccccc23)ncn1. The van der Waals surface area contributed by atoms with Crippen LogP contribution in [0.25, 0.3) is 10.9 Å². The van der Waals surface area contributed by atoms with Gasteiger partial charge in [0.25, 0.3) is 5.91 Å². The number of hydrogen-bond donors (Lipinski definition) is 3. The number of halogens is 1. The number of carbonyl (C=O) groups excluding carboxylic acids is 1. The fourth-order valence-corrected chi connectivity index (χ4v) is 3.17. The summed E-state index contributed by atoms with van der Waals surface area (Å²) in [5.74, 6) is 0.259. The highest BCUT2D eigenvalue weighted by atomic mass is 35.5. The van der Waals surface area contributed by atoms with Crippen LogP contribution in [-0.4, -0.2) is 27.4 Å². The first-order chi connectivity index (χ1) is 13.7. The first-order valence-electron chi connectivity index (χ1n) is 8.87. The molecule has 0 unspecified atom stereocenters. The highest BCUT2D eigenvalue weighted by molar-refractivity contribution is 6.33. The molecule has 140 valence electrons. The van der Waals surface area contributed by atoms with Crippen molar-refractivity contribution in [2.75, 3.05) is 17.2 Å². The normalized spacial score (nSPS) is 10.8. The fourth-order valence-electron chi connectivity index (χ4n) is 2.99. The van der Waals surface area contributed by atoms with E-state index in [2.05, 4.69) is 37.7 Å². The van der Waals surface area contributed by atoms with Crippen molar-refractivity contribution >= 4 is 39.9 Å². The molecule has 0 aliphatic heterocycles. The van der Waals surface area contributed by atoms with Gasteiger partial charge in [0.1, 0.15) is 17.8 Å². The van der Waals surface area contributed by atoms with Crippen LogP contribution in [0.3, 0.4) is 0 Å². The number of fused-ring (bicyclic) bond motifs is 1. The molecule has 0 atom stereocenters. The summed E-state index contributed by atoms with van der Waals surface area (Å²) < 4.78 is 0. The minimum atomic E-state index is -0.338. The van der Waals surface area contributed by atoms with Gasteiger partial charge in [0.2, 0.25) is 0 Å². The lowest BCUT2D eigenvalue weighted by molar-refractivity contribution is 0.102. The van der Waals surface area contributed by atoms with E-state index in [0.29, 0.717) is 23.1 Å². The smallest absolute Gasteiger partial charge is 0.274 e. The Labute approximate surface area is 167 Å². The minimum absolute atomic E-state index is 0.268. The van der Waals surface area contributed by atoms with Crippen LogP contribution < -0.4 is 10.6 Å². The van der Waals surface area contributed by atoms with Crippen LogP contribution in [0, 0.1) is 0 Å². The second-order valence-corrected chi connectivity index (χ2v) is 6.67. The van der Waals surface area contributed by atoms with Gasteiger partial charge in [-0.1, -0.05) is 41.9 Å². The van der Waals surface area contributed by atoms with Gasteiger partial charge < -0.3 is 15.6 Å². The van der Waals surface area contributed by atoms with E-state index < -0.39 is 0 Å². The molecule has 0 bridgehead atoms. The van der Waals surface area contributed by atoms with Crippen LogP contribution in [0.2, 0.25) is 5.02 Å². The summed E-state index contributed by atoms with van der Waals surface area (Å²) in [4.78, 5) is 23.9. The summed E-state index contributed by atoms with van der Waals surface area (Å²) in [6, 6.07) is 16.9. The maximum Gasteiger partial charge on any atom is 0.274 e. The molecular formula is C21H18ClN5O. The molecule has 4 rings (SSSR count). The number of benzene rings is 2. The number of para-hydroxylation sites is 2. The summed E-state index contributed by atoms with van der Waals surface area (Å²) >= 11 is 6.08. The van der Waals surface area contributed by atoms with Gasteiger partial charge in [0, 0.05) is 29.7 Å². The third-order valence-electron chi connectivity index (χ3n) is 4.40. The molecule has 0 saturated heterocycles. The molecule has 28 heavy (non-hydrogen) atoms. The Hall–Kier alpha value is -3.38. The summed E-state index contributed by atoms with van der Waals surface area (Å²) in [5.41, 5.74) is 3.16. The van der Waals surface area contributed by atoms with Crippen molar-refractivity contribution < 1.29 is 4.79 Å². The first-order valence-corrected chi connectivity index (χ1v) is 9.25. The number of aromatic amines is 1. The molecule has 0 aliphatic carbocycles. The lowest BCUT2D eigenvalue weighted by Gasteiger charge is -2.08. The summed E-state index contributed by atoms with van der Waals surface area (Å²) in [5, 5.41) is 7.69. The summed E-state index contributed by atoms with van der Waals surface area (Å²) in [7, 11) is 0. The van der Waals surface area contributed by atoms with E-state index in [1.807, 2.05) is 18.3 Å². The van der Waals surface area contributed by atoms with Gasteiger partial charge in [0.05, 0.1) is 10.7 Å². The largest absolute Gasteiger partial charge is 0.370 e. The Morgan fingerprint density at radius 3 is 2.79 bits per heavy atom. The van der Waals surface area contributed by atoms with E-state index in [1.165, 1.54) is 17.3 Å². The van der Waals surface area contributed by atoms with Gasteiger partial charge in [-0.15, -0.1) is 0 Å². The van der Waals surface area contributed by atoms with Crippen molar-refractivity contribution in [3.8, 4) is 0 Å². The Morgan fingerprint density at radius 1 is 1.07 bits per heavy atom. The molecule has 1 amide bonds. The maximum absolute atomic E-state index is 12.4. The summed E-state index contributed by atoms with van der Waals surface area (Å²) in [6.07, 6.45) is 4.22. The first kappa shape index (κ1) is 18.0. The Balaban J connectivity index is 1.39. The number of nitrogens with zero attached hydrogens (tertiary/aromatic N) is 2. The Bertz CT molecular complexity index is 1120. The molecule has 0 saturated carbocycles. The lowest BCUT2D eigenvalue weighted by Crippen LogP contribution is -2.15. The van der Waals surface area contributed by atoms with E-state index in [4.69, 9.17) is 11.6 Å². The van der Waals surface area contributed by atoms with Crippen LogP contribution in [0.1, 0.15) is 16.1 Å². The second kappa shape index (κ2) is 8.10. The molecule has 7 heteroatoms. The van der Waals surface area contributed by atoms with Gasteiger partial charge >= 0.3 is 0 Å². The predicted octanol–water partition coefficient (Wildman–Crippen LogP) is 4.52. The fraction of sp³-hybridized carbons (Fsp3) is 0.0952. The standard InChI is InChI=1S/C21H18ClN5O/c22-16-6-2-4-8-18(16)27-21(28)19-11-20(26-13-25-19)23-10-9-14-12-24-17-7-3-1-5-15(14)17/h1-8,11-13,24H,9-10H2,(H,27,28)(H,23,25,26). The zero-order chi connectivity index (χ0) is 19.3. The highest BCUT2D eigenvalue weighted by Crippen LogP contribution is 2.21. The van der Waals surface area contributed by atoms with Gasteiger partial charge in [-0.3, -0.25) is 4.79 Å². The number of H-pyrrole nitrogens is 1. The third-order valence-corrected chi connectivity index (χ3v) is 4.73. The van der Waals surface area contributed by atoms with Crippen molar-refractivity contribution in [3.05, 3.63) is 83.4 Å². The van der Waals surface area contributed by atoms with Gasteiger partial charge in [-0.25, -0.2) is 9.97 Å². The molecular weight excluding hydrogens is 374 g/mol. The van der Waals surface area contributed by atoms with Crippen LogP contribution >= 0.6 is 11.6 Å². The van der Waals surface area contributed by atoms with Crippen molar-refractivity contribution in [2.45, 2.75) is 6.42 Å². The van der Waals surface area contributed by atoms with E-state index in [-0.39, 0.29) is 11.6 Å². The zero-order valence-corrected chi connectivity index (χ0v) is 15.7. The third kappa shape index (κ3) is 3.97. The van der Waals surface area contributed by atoms with Crippen LogP contribution in [0.4, 0.5) is 11.5 Å². The molecule has 0 fully saturated rings. The van der Waals surface area contributed by atoms with E-state index in [1.54, 1.807) is 30.3 Å². The van der Waals surface area contributed by atoms with Crippen molar-refractivity contribution in [1.29, 1.82) is 0 Å². The Kier molecular flexibility index (Phi) is 5.21. The van der Waals surface area contributed by atoms with E-state index in [0.717, 1.165) is 11.9 Å². The summed E-state index contributed by atoms with van der Waals surface area (Å²) in [6.45, 7) is 0.685. The molecule has 6 nitrogen and oxygen atoms in total. The number of anilines is 2. The van der Waals surface area contributed by atoms with E-state index in [9.17, 15) is 4.79 Å². The molecule has 2 heterocycles. The number of rotatable bonds is 6. The van der Waals surface area contributed by atoms with Gasteiger partial charge in [-0.2, -0.15) is 0 Å². The van der Waals surface area contributed by atoms with Crippen molar-refractivity contribution in [2.24, 2.45) is 0 Å². The Morgan fingerprint density at radius 2 is 1.89 bits per heavy atom. The minimum Gasteiger partial charge on any atom is -0.370 e. The van der Waals surface area contributed by atoms with Crippen molar-refractivity contribution in [1.82, 2.24) is 15.0 Å². The average molecular weight is 392 g/mol. The number of carbonyl (C=O) groups is 1. The van der Waals surface area contributed by atoms with Crippen LogP contribution in [-0.2, 0) is 6.42 Å². The number of nitrogens with one attached hydrogen (secondary N) is 3. The molecule has 3 N–H and O–H groups in total. The molecule has 2 aromatic heterocycles. The van der Waals surface area contributed by atoms with Crippen LogP contribution in [0.15, 0.2) is 67.1 Å². The zero-order valence-electron chi connectivity index (χ0n) is 14.9. The molecule has 0 spiro atoms. The quantitative estimate of drug-likeness (QED) is 0.451. The van der Waals surface area contributed by atoms with Gasteiger partial charge in [-0.05, 0) is 30.2 Å². The highest BCUT2D eigenvalue weighted by Gasteiger charge is 2.11. The molecule has 2 aromatic carbocycles. The average Bonchev–Trinajstić information content (AvgIpc) is 3.13. The topological polar surface area (TPSA) is 82.7 Å². The number of amides is 1. The maximum atomic E-state index is 12.4. The molecule has 0 radical (unpaired) electrons. The van der Waals surface area contributed by atoms with Crippen molar-refractivity contribution in [3.63, 3.8) is 0 Å². The van der Waals surface area contributed by atoms with E-state index >= 15 is 0 Å². The number of hydrogen-bond acceptors (Lipinski definition) is 4. The molecule has 0 aliphatic rings. The lowest BCUT2D eigenvalue weighted by atomic mass is 10.1. The second-order valence-electron chi connectivity index (χ2n) is 6.26. The molecule has 4 aromatic rings. The van der Waals surface area contributed by atoms with Gasteiger partial charge in [0.15, 0.2) is 0 Å².